The second-order valence-electron chi connectivity index (χ2n) is 5.29. The molecule has 3 N–H and O–H groups in total. The summed E-state index contributed by atoms with van der Waals surface area (Å²) in [6, 6.07) is 8.59. The van der Waals surface area contributed by atoms with E-state index < -0.39 is 0 Å². The predicted octanol–water partition coefficient (Wildman–Crippen LogP) is 1.95. The maximum absolute atomic E-state index is 5.89. The third kappa shape index (κ3) is 4.01. The SMILES string of the molecule is CC(C)OCC(CC1OCCc2ccccc21)NN. The summed E-state index contributed by atoms with van der Waals surface area (Å²) in [6.45, 7) is 5.44. The van der Waals surface area contributed by atoms with Crippen molar-refractivity contribution in [2.24, 2.45) is 5.84 Å². The first-order valence-corrected chi connectivity index (χ1v) is 6.98. The van der Waals surface area contributed by atoms with Crippen LogP contribution in [0.2, 0.25) is 0 Å². The zero-order chi connectivity index (χ0) is 13.7. The van der Waals surface area contributed by atoms with Gasteiger partial charge in [-0.15, -0.1) is 0 Å². The van der Waals surface area contributed by atoms with Gasteiger partial charge in [-0.05, 0) is 37.8 Å². The zero-order valence-electron chi connectivity index (χ0n) is 11.8. The molecule has 19 heavy (non-hydrogen) atoms. The Balaban J connectivity index is 1.98. The molecule has 2 atom stereocenters. The van der Waals surface area contributed by atoms with Crippen LogP contribution in [-0.4, -0.2) is 25.4 Å². The van der Waals surface area contributed by atoms with Crippen LogP contribution < -0.4 is 11.3 Å². The molecule has 1 heterocycles. The third-order valence-electron chi connectivity index (χ3n) is 3.46. The molecule has 0 bridgehead atoms. The standard InChI is InChI=1S/C15H24N2O2/c1-11(2)19-10-13(17-16)9-15-14-6-4-3-5-12(14)7-8-18-15/h3-6,11,13,15,17H,7-10,16H2,1-2H3. The summed E-state index contributed by atoms with van der Waals surface area (Å²) < 4.78 is 11.5. The van der Waals surface area contributed by atoms with Crippen LogP contribution in [0.25, 0.3) is 0 Å². The highest BCUT2D eigenvalue weighted by molar-refractivity contribution is 5.31. The van der Waals surface area contributed by atoms with Gasteiger partial charge in [0, 0.05) is 6.04 Å². The van der Waals surface area contributed by atoms with Crippen molar-refractivity contribution < 1.29 is 9.47 Å². The van der Waals surface area contributed by atoms with E-state index in [4.69, 9.17) is 15.3 Å². The normalized spacial score (nSPS) is 20.3. The van der Waals surface area contributed by atoms with Crippen LogP contribution in [-0.2, 0) is 15.9 Å². The average molecular weight is 264 g/mol. The lowest BCUT2D eigenvalue weighted by Crippen LogP contribution is -2.41. The second-order valence-corrected chi connectivity index (χ2v) is 5.29. The topological polar surface area (TPSA) is 56.5 Å². The fraction of sp³-hybridized carbons (Fsp3) is 0.600. The molecule has 4 nitrogen and oxygen atoms in total. The van der Waals surface area contributed by atoms with Crippen molar-refractivity contribution in [1.29, 1.82) is 0 Å². The smallest absolute Gasteiger partial charge is 0.0844 e. The van der Waals surface area contributed by atoms with Crippen LogP contribution in [0.1, 0.15) is 37.5 Å². The Morgan fingerprint density at radius 1 is 1.42 bits per heavy atom. The minimum Gasteiger partial charge on any atom is -0.377 e. The summed E-state index contributed by atoms with van der Waals surface area (Å²) in [5.74, 6) is 5.61. The highest BCUT2D eigenvalue weighted by Crippen LogP contribution is 2.30. The van der Waals surface area contributed by atoms with Gasteiger partial charge >= 0.3 is 0 Å². The van der Waals surface area contributed by atoms with Gasteiger partial charge < -0.3 is 9.47 Å². The van der Waals surface area contributed by atoms with Crippen molar-refractivity contribution in [1.82, 2.24) is 5.43 Å². The van der Waals surface area contributed by atoms with Gasteiger partial charge in [0.25, 0.3) is 0 Å². The molecule has 2 unspecified atom stereocenters. The van der Waals surface area contributed by atoms with Crippen LogP contribution in [0.4, 0.5) is 0 Å². The van der Waals surface area contributed by atoms with E-state index >= 15 is 0 Å². The van der Waals surface area contributed by atoms with Crippen molar-refractivity contribution in [2.75, 3.05) is 13.2 Å². The summed E-state index contributed by atoms with van der Waals surface area (Å²) in [4.78, 5) is 0. The molecular formula is C15H24N2O2. The van der Waals surface area contributed by atoms with Gasteiger partial charge in [-0.3, -0.25) is 11.3 Å². The number of rotatable bonds is 6. The average Bonchev–Trinajstić information content (AvgIpc) is 2.43. The molecule has 1 aliphatic heterocycles. The second kappa shape index (κ2) is 7.01. The first kappa shape index (κ1) is 14.5. The molecule has 1 aliphatic rings. The van der Waals surface area contributed by atoms with Crippen LogP contribution in [0, 0.1) is 0 Å². The van der Waals surface area contributed by atoms with E-state index in [9.17, 15) is 0 Å². The fourth-order valence-electron chi connectivity index (χ4n) is 2.42. The number of hydrogen-bond donors (Lipinski definition) is 2. The molecule has 0 saturated heterocycles. The highest BCUT2D eigenvalue weighted by atomic mass is 16.5. The summed E-state index contributed by atoms with van der Waals surface area (Å²) in [6.07, 6.45) is 2.16. The highest BCUT2D eigenvalue weighted by Gasteiger charge is 2.23. The van der Waals surface area contributed by atoms with Crippen molar-refractivity contribution in [3.05, 3.63) is 35.4 Å². The Bertz CT molecular complexity index is 395. The number of ether oxygens (including phenoxy) is 2. The zero-order valence-corrected chi connectivity index (χ0v) is 11.8. The van der Waals surface area contributed by atoms with Gasteiger partial charge in [0.2, 0.25) is 0 Å². The molecule has 0 spiro atoms. The van der Waals surface area contributed by atoms with Crippen molar-refractivity contribution in [3.63, 3.8) is 0 Å². The lowest BCUT2D eigenvalue weighted by Gasteiger charge is -2.29. The maximum Gasteiger partial charge on any atom is 0.0844 e. The lowest BCUT2D eigenvalue weighted by molar-refractivity contribution is 0.00795. The molecule has 1 aromatic rings. The van der Waals surface area contributed by atoms with Crippen molar-refractivity contribution >= 4 is 0 Å². The number of nitrogens with one attached hydrogen (secondary N) is 1. The Hall–Kier alpha value is -0.940. The number of hydrogen-bond acceptors (Lipinski definition) is 4. The lowest BCUT2D eigenvalue weighted by atomic mass is 9.94. The molecule has 0 saturated carbocycles. The van der Waals surface area contributed by atoms with Crippen LogP contribution in [0.15, 0.2) is 24.3 Å². The van der Waals surface area contributed by atoms with Crippen LogP contribution in [0.3, 0.4) is 0 Å². The molecule has 0 radical (unpaired) electrons. The number of nitrogens with two attached hydrogens (primary N) is 1. The molecule has 0 aromatic heterocycles. The van der Waals surface area contributed by atoms with Gasteiger partial charge in [0.1, 0.15) is 0 Å². The number of fused-ring (bicyclic) bond motifs is 1. The quantitative estimate of drug-likeness (QED) is 0.609. The molecule has 0 amide bonds. The van der Waals surface area contributed by atoms with Gasteiger partial charge in [0.05, 0.1) is 25.4 Å². The summed E-state index contributed by atoms with van der Waals surface area (Å²) >= 11 is 0. The minimum atomic E-state index is 0.110. The van der Waals surface area contributed by atoms with E-state index in [0.717, 1.165) is 19.4 Å². The van der Waals surface area contributed by atoms with E-state index in [0.29, 0.717) is 6.61 Å². The molecule has 106 valence electrons. The molecular weight excluding hydrogens is 240 g/mol. The summed E-state index contributed by atoms with van der Waals surface area (Å²) in [5, 5.41) is 0. The third-order valence-corrected chi connectivity index (χ3v) is 3.46. The van der Waals surface area contributed by atoms with Crippen molar-refractivity contribution in [3.8, 4) is 0 Å². The minimum absolute atomic E-state index is 0.110. The van der Waals surface area contributed by atoms with Crippen LogP contribution >= 0.6 is 0 Å². The molecule has 0 fully saturated rings. The Morgan fingerprint density at radius 3 is 2.95 bits per heavy atom. The van der Waals surface area contributed by atoms with Gasteiger partial charge in [-0.2, -0.15) is 0 Å². The van der Waals surface area contributed by atoms with E-state index in [-0.39, 0.29) is 18.2 Å². The molecule has 1 aromatic carbocycles. The Kier molecular flexibility index (Phi) is 5.34. The summed E-state index contributed by atoms with van der Waals surface area (Å²) in [5.41, 5.74) is 5.51. The first-order chi connectivity index (χ1) is 9.20. The fourth-order valence-corrected chi connectivity index (χ4v) is 2.42. The predicted molar refractivity (Wildman–Crippen MR) is 75.7 cm³/mol. The largest absolute Gasteiger partial charge is 0.377 e. The summed E-state index contributed by atoms with van der Waals surface area (Å²) in [7, 11) is 0. The maximum atomic E-state index is 5.89. The van der Waals surface area contributed by atoms with Gasteiger partial charge in [-0.1, -0.05) is 24.3 Å². The molecule has 2 rings (SSSR count). The van der Waals surface area contributed by atoms with Gasteiger partial charge in [-0.25, -0.2) is 0 Å². The van der Waals surface area contributed by atoms with E-state index in [1.165, 1.54) is 11.1 Å². The number of benzene rings is 1. The van der Waals surface area contributed by atoms with E-state index in [1.54, 1.807) is 0 Å². The first-order valence-electron chi connectivity index (χ1n) is 6.98. The van der Waals surface area contributed by atoms with Crippen molar-refractivity contribution in [2.45, 2.75) is 44.9 Å². The monoisotopic (exact) mass is 264 g/mol. The van der Waals surface area contributed by atoms with Gasteiger partial charge in [0.15, 0.2) is 0 Å². The Labute approximate surface area is 115 Å². The van der Waals surface area contributed by atoms with Crippen LogP contribution in [0.5, 0.6) is 0 Å². The molecule has 4 heteroatoms. The Morgan fingerprint density at radius 2 is 2.21 bits per heavy atom. The van der Waals surface area contributed by atoms with E-state index in [1.807, 2.05) is 13.8 Å². The number of hydrazine groups is 1. The molecule has 0 aliphatic carbocycles. The van der Waals surface area contributed by atoms with E-state index in [2.05, 4.69) is 29.7 Å².